The van der Waals surface area contributed by atoms with Gasteiger partial charge in [0.15, 0.2) is 5.71 Å². The Kier molecular flexibility index (Phi) is 4.12. The van der Waals surface area contributed by atoms with E-state index in [1.54, 1.807) is 13.0 Å². The molecule has 1 aliphatic heterocycles. The van der Waals surface area contributed by atoms with Crippen molar-refractivity contribution >= 4 is 11.7 Å². The van der Waals surface area contributed by atoms with E-state index in [0.717, 1.165) is 0 Å². The van der Waals surface area contributed by atoms with Gasteiger partial charge in [-0.1, -0.05) is 5.16 Å². The lowest BCUT2D eigenvalue weighted by atomic mass is 10.3. The molecule has 0 aliphatic carbocycles. The maximum Gasteiger partial charge on any atom is 0.360 e. The summed E-state index contributed by atoms with van der Waals surface area (Å²) in [5.41, 5.74) is 0.155. The Morgan fingerprint density at radius 1 is 1.57 bits per heavy atom. The van der Waals surface area contributed by atoms with Crippen molar-refractivity contribution < 1.29 is 19.1 Å². The molecule has 0 spiro atoms. The van der Waals surface area contributed by atoms with E-state index >= 15 is 0 Å². The Labute approximate surface area is 82.3 Å². The minimum atomic E-state index is -0.502. The highest BCUT2D eigenvalue weighted by atomic mass is 16.8. The molecular formula is C9H13NO4. The third kappa shape index (κ3) is 2.85. The Morgan fingerprint density at radius 2 is 2.36 bits per heavy atom. The number of carbonyl (C=O) groups excluding carboxylic acids is 1. The highest BCUT2D eigenvalue weighted by Gasteiger charge is 2.17. The van der Waals surface area contributed by atoms with Crippen molar-refractivity contribution in [1.82, 2.24) is 0 Å². The van der Waals surface area contributed by atoms with Crippen molar-refractivity contribution in [3.63, 3.8) is 0 Å². The molecule has 0 fully saturated rings. The van der Waals surface area contributed by atoms with E-state index in [9.17, 15) is 4.79 Å². The smallest absolute Gasteiger partial charge is 0.360 e. The van der Waals surface area contributed by atoms with Crippen molar-refractivity contribution in [1.29, 1.82) is 0 Å². The lowest BCUT2D eigenvalue weighted by Gasteiger charge is -2.14. The maximum absolute atomic E-state index is 11.1. The van der Waals surface area contributed by atoms with Crippen LogP contribution in [0.15, 0.2) is 17.3 Å². The average Bonchev–Trinajstić information content (AvgIpc) is 2.20. The second-order valence-electron chi connectivity index (χ2n) is 2.49. The number of nitrogens with zero attached hydrogens (tertiary/aromatic N) is 1. The first-order valence-corrected chi connectivity index (χ1v) is 4.48. The molecule has 78 valence electrons. The molecule has 1 unspecified atom stereocenters. The summed E-state index contributed by atoms with van der Waals surface area (Å²) in [6.45, 7) is 4.43. The van der Waals surface area contributed by atoms with E-state index in [4.69, 9.17) is 14.3 Å². The largest absolute Gasteiger partial charge is 0.461 e. The molecule has 0 aromatic carbocycles. The monoisotopic (exact) mass is 199 g/mol. The molecule has 0 amide bonds. The zero-order chi connectivity index (χ0) is 10.4. The molecule has 0 N–H and O–H groups in total. The van der Waals surface area contributed by atoms with Crippen molar-refractivity contribution in [3.05, 3.63) is 12.2 Å². The van der Waals surface area contributed by atoms with E-state index in [1.807, 2.05) is 6.92 Å². The minimum absolute atomic E-state index is 0.155. The van der Waals surface area contributed by atoms with Crippen LogP contribution in [-0.2, 0) is 19.1 Å². The average molecular weight is 199 g/mol. The Bertz CT molecular complexity index is 260. The number of rotatable bonds is 4. The number of hydrogen-bond acceptors (Lipinski definition) is 5. The fraction of sp³-hybridized carbons (Fsp3) is 0.556. The number of esters is 1. The SMILES string of the molecule is CCOC(=O)C1=NOC(OCC)C=C1. The van der Waals surface area contributed by atoms with E-state index in [-0.39, 0.29) is 5.71 Å². The van der Waals surface area contributed by atoms with Crippen molar-refractivity contribution in [2.24, 2.45) is 5.16 Å². The van der Waals surface area contributed by atoms with Gasteiger partial charge in [-0.05, 0) is 26.0 Å². The van der Waals surface area contributed by atoms with Crippen LogP contribution in [0.25, 0.3) is 0 Å². The second kappa shape index (κ2) is 5.39. The normalized spacial score (nSPS) is 19.9. The predicted octanol–water partition coefficient (Wildman–Crippen LogP) is 0.855. The van der Waals surface area contributed by atoms with Crippen LogP contribution in [0.3, 0.4) is 0 Å². The molecule has 0 saturated heterocycles. The number of ether oxygens (including phenoxy) is 2. The van der Waals surface area contributed by atoms with E-state index in [2.05, 4.69) is 5.16 Å². The molecule has 0 saturated carbocycles. The molecule has 5 nitrogen and oxygen atoms in total. The van der Waals surface area contributed by atoms with Gasteiger partial charge in [-0.2, -0.15) is 0 Å². The standard InChI is InChI=1S/C9H13NO4/c1-3-12-8-6-5-7(10-14-8)9(11)13-4-2/h5-6,8H,3-4H2,1-2H3. The van der Waals surface area contributed by atoms with Gasteiger partial charge in [0.1, 0.15) is 0 Å². The lowest BCUT2D eigenvalue weighted by molar-refractivity contribution is -0.136. The first-order chi connectivity index (χ1) is 6.77. The summed E-state index contributed by atoms with van der Waals surface area (Å²) in [7, 11) is 0. The van der Waals surface area contributed by atoms with Crippen LogP contribution < -0.4 is 0 Å². The summed E-state index contributed by atoms with van der Waals surface area (Å²) in [6, 6.07) is 0. The number of oxime groups is 1. The first-order valence-electron chi connectivity index (χ1n) is 4.48. The first kappa shape index (κ1) is 10.7. The van der Waals surface area contributed by atoms with E-state index < -0.39 is 12.3 Å². The Balaban J connectivity index is 2.46. The van der Waals surface area contributed by atoms with Crippen LogP contribution in [0, 0.1) is 0 Å². The zero-order valence-electron chi connectivity index (χ0n) is 8.23. The minimum Gasteiger partial charge on any atom is -0.461 e. The fourth-order valence-corrected chi connectivity index (χ4v) is 0.905. The number of carbonyl (C=O) groups is 1. The van der Waals surface area contributed by atoms with Crippen LogP contribution in [0.1, 0.15) is 13.8 Å². The maximum atomic E-state index is 11.1. The zero-order valence-corrected chi connectivity index (χ0v) is 8.23. The lowest BCUT2D eigenvalue weighted by Crippen LogP contribution is -2.22. The summed E-state index contributed by atoms with van der Waals surface area (Å²) in [5, 5.41) is 3.58. The van der Waals surface area contributed by atoms with E-state index in [0.29, 0.717) is 13.2 Å². The third-order valence-corrected chi connectivity index (χ3v) is 1.48. The van der Waals surface area contributed by atoms with Crippen LogP contribution in [0.4, 0.5) is 0 Å². The fourth-order valence-electron chi connectivity index (χ4n) is 0.905. The molecule has 1 rings (SSSR count). The molecule has 0 aromatic rings. The van der Waals surface area contributed by atoms with Crippen molar-refractivity contribution in [3.8, 4) is 0 Å². The summed E-state index contributed by atoms with van der Waals surface area (Å²) in [4.78, 5) is 16.0. The molecule has 1 heterocycles. The molecule has 1 atom stereocenters. The predicted molar refractivity (Wildman–Crippen MR) is 49.7 cm³/mol. The Hall–Kier alpha value is -1.36. The molecule has 5 heteroatoms. The molecule has 14 heavy (non-hydrogen) atoms. The summed E-state index contributed by atoms with van der Waals surface area (Å²) < 4.78 is 9.84. The Morgan fingerprint density at radius 3 is 2.86 bits per heavy atom. The molecular weight excluding hydrogens is 186 g/mol. The topological polar surface area (TPSA) is 57.1 Å². The summed E-state index contributed by atoms with van der Waals surface area (Å²) >= 11 is 0. The summed E-state index contributed by atoms with van der Waals surface area (Å²) in [5.74, 6) is -0.487. The second-order valence-corrected chi connectivity index (χ2v) is 2.49. The van der Waals surface area contributed by atoms with Crippen LogP contribution in [-0.4, -0.2) is 31.2 Å². The van der Waals surface area contributed by atoms with Gasteiger partial charge in [0.2, 0.25) is 6.29 Å². The highest BCUT2D eigenvalue weighted by Crippen LogP contribution is 2.05. The van der Waals surface area contributed by atoms with Gasteiger partial charge >= 0.3 is 5.97 Å². The van der Waals surface area contributed by atoms with Gasteiger partial charge in [-0.25, -0.2) is 4.79 Å². The molecule has 0 bridgehead atoms. The molecule has 0 aromatic heterocycles. The van der Waals surface area contributed by atoms with Gasteiger partial charge in [0, 0.05) is 6.61 Å². The van der Waals surface area contributed by atoms with Crippen LogP contribution >= 0.6 is 0 Å². The van der Waals surface area contributed by atoms with Crippen LogP contribution in [0.2, 0.25) is 0 Å². The van der Waals surface area contributed by atoms with Gasteiger partial charge in [0.25, 0.3) is 0 Å². The van der Waals surface area contributed by atoms with Gasteiger partial charge in [-0.15, -0.1) is 0 Å². The molecule has 1 aliphatic rings. The van der Waals surface area contributed by atoms with Crippen molar-refractivity contribution in [2.75, 3.05) is 13.2 Å². The third-order valence-electron chi connectivity index (χ3n) is 1.48. The van der Waals surface area contributed by atoms with Gasteiger partial charge in [-0.3, -0.25) is 0 Å². The number of hydrogen-bond donors (Lipinski definition) is 0. The van der Waals surface area contributed by atoms with E-state index in [1.165, 1.54) is 6.08 Å². The summed E-state index contributed by atoms with van der Waals surface area (Å²) in [6.07, 6.45) is 2.64. The van der Waals surface area contributed by atoms with Gasteiger partial charge in [0.05, 0.1) is 6.61 Å². The van der Waals surface area contributed by atoms with Crippen LogP contribution in [0.5, 0.6) is 0 Å². The quantitative estimate of drug-likeness (QED) is 0.630. The molecule has 0 radical (unpaired) electrons. The van der Waals surface area contributed by atoms with Gasteiger partial charge < -0.3 is 14.3 Å². The van der Waals surface area contributed by atoms with Crippen molar-refractivity contribution in [2.45, 2.75) is 20.1 Å². The highest BCUT2D eigenvalue weighted by molar-refractivity contribution is 6.41.